The highest BCUT2D eigenvalue weighted by Crippen LogP contribution is 2.31. The summed E-state index contributed by atoms with van der Waals surface area (Å²) in [7, 11) is 5.89. The van der Waals surface area contributed by atoms with Gasteiger partial charge in [-0.05, 0) is 31.0 Å². The van der Waals surface area contributed by atoms with E-state index in [2.05, 4.69) is 43.2 Å². The Morgan fingerprint density at radius 1 is 1.32 bits per heavy atom. The van der Waals surface area contributed by atoms with Crippen LogP contribution in [0.15, 0.2) is 24.3 Å². The van der Waals surface area contributed by atoms with Gasteiger partial charge in [0.15, 0.2) is 0 Å². The van der Waals surface area contributed by atoms with Crippen molar-refractivity contribution in [2.75, 3.05) is 39.2 Å². The minimum atomic E-state index is 0.277. The Hall–Kier alpha value is -1.22. The second-order valence-corrected chi connectivity index (χ2v) is 5.62. The van der Waals surface area contributed by atoms with Crippen molar-refractivity contribution in [3.05, 3.63) is 24.3 Å². The van der Waals surface area contributed by atoms with Gasteiger partial charge in [-0.25, -0.2) is 0 Å². The molecular formula is C16H28N2O. The van der Waals surface area contributed by atoms with Crippen LogP contribution in [0.1, 0.15) is 26.7 Å². The normalized spacial score (nSPS) is 13.9. The van der Waals surface area contributed by atoms with Crippen LogP contribution in [-0.2, 0) is 0 Å². The van der Waals surface area contributed by atoms with Gasteiger partial charge in [0.25, 0.3) is 0 Å². The van der Waals surface area contributed by atoms with Crippen molar-refractivity contribution in [3.63, 3.8) is 0 Å². The first kappa shape index (κ1) is 15.8. The van der Waals surface area contributed by atoms with Gasteiger partial charge < -0.3 is 15.0 Å². The third-order valence-electron chi connectivity index (χ3n) is 3.57. The molecule has 0 aliphatic heterocycles. The van der Waals surface area contributed by atoms with Gasteiger partial charge in [-0.3, -0.25) is 0 Å². The third kappa shape index (κ3) is 4.43. The Balaban J connectivity index is 2.84. The highest BCUT2D eigenvalue weighted by Gasteiger charge is 2.25. The molecule has 3 nitrogen and oxygen atoms in total. The number of methoxy groups -OCH3 is 1. The van der Waals surface area contributed by atoms with Crippen LogP contribution in [-0.4, -0.2) is 34.3 Å². The van der Waals surface area contributed by atoms with Gasteiger partial charge in [-0.15, -0.1) is 0 Å². The number of ether oxygens (including phenoxy) is 1. The van der Waals surface area contributed by atoms with Crippen molar-refractivity contribution in [2.24, 2.45) is 5.41 Å². The van der Waals surface area contributed by atoms with Gasteiger partial charge in [-0.1, -0.05) is 32.4 Å². The summed E-state index contributed by atoms with van der Waals surface area (Å²) < 4.78 is 5.44. The van der Waals surface area contributed by atoms with Gasteiger partial charge in [0, 0.05) is 20.1 Å². The Kier molecular flexibility index (Phi) is 6.16. The molecule has 1 atom stereocenters. The van der Waals surface area contributed by atoms with Crippen LogP contribution in [0.2, 0.25) is 0 Å². The number of anilines is 1. The van der Waals surface area contributed by atoms with Crippen LogP contribution in [0.5, 0.6) is 5.75 Å². The lowest BCUT2D eigenvalue weighted by atomic mass is 9.85. The number of rotatable bonds is 8. The SMILES string of the molecule is CCCC(C)(CNC)CN(C)c1ccccc1OC. The van der Waals surface area contributed by atoms with Crippen LogP contribution in [0.3, 0.4) is 0 Å². The van der Waals surface area contributed by atoms with Crippen LogP contribution in [0.25, 0.3) is 0 Å². The Labute approximate surface area is 118 Å². The van der Waals surface area contributed by atoms with Crippen LogP contribution >= 0.6 is 0 Å². The fourth-order valence-corrected chi connectivity index (χ4v) is 2.86. The summed E-state index contributed by atoms with van der Waals surface area (Å²) in [6.45, 7) is 6.64. The minimum absolute atomic E-state index is 0.277. The van der Waals surface area contributed by atoms with Crippen molar-refractivity contribution in [3.8, 4) is 5.75 Å². The molecule has 0 aliphatic rings. The number of nitrogens with zero attached hydrogens (tertiary/aromatic N) is 1. The van der Waals surface area contributed by atoms with Crippen molar-refractivity contribution < 1.29 is 4.74 Å². The van der Waals surface area contributed by atoms with Gasteiger partial charge >= 0.3 is 0 Å². The average molecular weight is 264 g/mol. The zero-order valence-corrected chi connectivity index (χ0v) is 13.0. The van der Waals surface area contributed by atoms with Gasteiger partial charge in [-0.2, -0.15) is 0 Å². The lowest BCUT2D eigenvalue weighted by Gasteiger charge is -2.35. The summed E-state index contributed by atoms with van der Waals surface area (Å²) >= 11 is 0. The molecule has 0 radical (unpaired) electrons. The van der Waals surface area contributed by atoms with E-state index in [-0.39, 0.29) is 5.41 Å². The van der Waals surface area contributed by atoms with E-state index in [0.717, 1.165) is 24.5 Å². The molecule has 0 amide bonds. The number of nitrogens with one attached hydrogen (secondary N) is 1. The van der Waals surface area contributed by atoms with E-state index in [0.29, 0.717) is 0 Å². The number of hydrogen-bond acceptors (Lipinski definition) is 3. The van der Waals surface area contributed by atoms with Crippen LogP contribution < -0.4 is 15.0 Å². The summed E-state index contributed by atoms with van der Waals surface area (Å²) in [5, 5.41) is 3.32. The predicted octanol–water partition coefficient (Wildman–Crippen LogP) is 3.16. The molecule has 0 fully saturated rings. The second-order valence-electron chi connectivity index (χ2n) is 5.62. The molecule has 0 heterocycles. The molecule has 0 aliphatic carbocycles. The van der Waals surface area contributed by atoms with E-state index in [9.17, 15) is 0 Å². The molecule has 19 heavy (non-hydrogen) atoms. The third-order valence-corrected chi connectivity index (χ3v) is 3.57. The molecule has 0 aromatic heterocycles. The van der Waals surface area contributed by atoms with Gasteiger partial charge in [0.1, 0.15) is 5.75 Å². The van der Waals surface area contributed by atoms with Gasteiger partial charge in [0.2, 0.25) is 0 Å². The van der Waals surface area contributed by atoms with Crippen molar-refractivity contribution in [1.29, 1.82) is 0 Å². The Morgan fingerprint density at radius 2 is 2.00 bits per heavy atom. The maximum atomic E-state index is 5.44. The van der Waals surface area contributed by atoms with Crippen molar-refractivity contribution >= 4 is 5.69 Å². The van der Waals surface area contributed by atoms with E-state index in [1.165, 1.54) is 12.8 Å². The maximum absolute atomic E-state index is 5.44. The minimum Gasteiger partial charge on any atom is -0.495 e. The van der Waals surface area contributed by atoms with E-state index < -0.39 is 0 Å². The molecule has 1 unspecified atom stereocenters. The first-order valence-corrected chi connectivity index (χ1v) is 7.05. The Morgan fingerprint density at radius 3 is 2.58 bits per heavy atom. The Bertz CT molecular complexity index is 373. The zero-order chi connectivity index (χ0) is 14.3. The topological polar surface area (TPSA) is 24.5 Å². The molecule has 1 N–H and O–H groups in total. The first-order chi connectivity index (χ1) is 9.06. The number of hydrogen-bond donors (Lipinski definition) is 1. The fraction of sp³-hybridized carbons (Fsp3) is 0.625. The lowest BCUT2D eigenvalue weighted by molar-refractivity contribution is 0.291. The standard InChI is InChI=1S/C16H28N2O/c1-6-11-16(2,12-17-3)13-18(4)14-9-7-8-10-15(14)19-5/h7-10,17H,6,11-13H2,1-5H3. The van der Waals surface area contributed by atoms with Gasteiger partial charge in [0.05, 0.1) is 12.8 Å². The molecule has 1 aromatic carbocycles. The molecule has 3 heteroatoms. The summed E-state index contributed by atoms with van der Waals surface area (Å²) in [5.41, 5.74) is 1.43. The maximum Gasteiger partial charge on any atom is 0.142 e. The van der Waals surface area contributed by atoms with E-state index >= 15 is 0 Å². The molecule has 108 valence electrons. The first-order valence-electron chi connectivity index (χ1n) is 7.05. The summed E-state index contributed by atoms with van der Waals surface area (Å²) in [4.78, 5) is 2.30. The summed E-state index contributed by atoms with van der Waals surface area (Å²) in [5.74, 6) is 0.938. The highest BCUT2D eigenvalue weighted by molar-refractivity contribution is 5.57. The molecule has 0 saturated heterocycles. The van der Waals surface area contributed by atoms with E-state index in [1.807, 2.05) is 19.2 Å². The largest absolute Gasteiger partial charge is 0.495 e. The number of para-hydroxylation sites is 2. The quantitative estimate of drug-likeness (QED) is 0.780. The van der Waals surface area contributed by atoms with Crippen molar-refractivity contribution in [1.82, 2.24) is 5.32 Å². The molecule has 1 aromatic rings. The smallest absolute Gasteiger partial charge is 0.142 e. The fourth-order valence-electron chi connectivity index (χ4n) is 2.86. The monoisotopic (exact) mass is 264 g/mol. The average Bonchev–Trinajstić information content (AvgIpc) is 2.38. The molecule has 0 saturated carbocycles. The molecule has 1 rings (SSSR count). The van der Waals surface area contributed by atoms with Crippen molar-refractivity contribution in [2.45, 2.75) is 26.7 Å². The second kappa shape index (κ2) is 7.39. The number of benzene rings is 1. The highest BCUT2D eigenvalue weighted by atomic mass is 16.5. The van der Waals surface area contributed by atoms with Crippen LogP contribution in [0.4, 0.5) is 5.69 Å². The van der Waals surface area contributed by atoms with Crippen LogP contribution in [0, 0.1) is 5.41 Å². The summed E-state index contributed by atoms with van der Waals surface area (Å²) in [6.07, 6.45) is 2.42. The predicted molar refractivity (Wildman–Crippen MR) is 83.2 cm³/mol. The van der Waals surface area contributed by atoms with E-state index in [4.69, 9.17) is 4.74 Å². The molecule has 0 bridgehead atoms. The lowest BCUT2D eigenvalue weighted by Crippen LogP contribution is -2.40. The molecular weight excluding hydrogens is 236 g/mol. The zero-order valence-electron chi connectivity index (χ0n) is 13.0. The molecule has 0 spiro atoms. The van der Waals surface area contributed by atoms with E-state index in [1.54, 1.807) is 7.11 Å². The summed E-state index contributed by atoms with van der Waals surface area (Å²) in [6, 6.07) is 8.20.